The van der Waals surface area contributed by atoms with Crippen LogP contribution in [0.3, 0.4) is 0 Å². The third kappa shape index (κ3) is 5.85. The van der Waals surface area contributed by atoms with E-state index in [2.05, 4.69) is 30.4 Å². The highest BCUT2D eigenvalue weighted by Gasteiger charge is 2.59. The van der Waals surface area contributed by atoms with Crippen molar-refractivity contribution in [3.05, 3.63) is 45.5 Å². The molecule has 1 amide bonds. The van der Waals surface area contributed by atoms with Crippen LogP contribution in [0, 0.1) is 44.6 Å². The summed E-state index contributed by atoms with van der Waals surface area (Å²) in [6.45, 7) is 6.13. The van der Waals surface area contributed by atoms with Gasteiger partial charge < -0.3 is 20.0 Å². The SMILES string of the molecule is COC(=O)[C@@H](Cc1ccc(O)c([N+](=O)[O-])c1)NC(=O)CO/N=C1/C=C2CC[C@@H]3[C@H]4CC[C@@H](C(C)=O)[C@]4(C)CC[C@H]3[C@@]2(C)CC1. The first-order chi connectivity index (χ1) is 20.9. The minimum Gasteiger partial charge on any atom is -0.502 e. The average molecular weight is 610 g/mol. The number of phenols is 1. The lowest BCUT2D eigenvalue weighted by Crippen LogP contribution is -2.51. The zero-order valence-electron chi connectivity index (χ0n) is 26.0. The van der Waals surface area contributed by atoms with Gasteiger partial charge in [0.1, 0.15) is 11.8 Å². The molecule has 5 rings (SSSR count). The second kappa shape index (κ2) is 12.3. The van der Waals surface area contributed by atoms with E-state index in [0.29, 0.717) is 29.1 Å². The molecule has 0 aromatic heterocycles. The number of oxime groups is 1. The van der Waals surface area contributed by atoms with Crippen LogP contribution in [0.15, 0.2) is 35.0 Å². The highest BCUT2D eigenvalue weighted by molar-refractivity contribution is 5.96. The van der Waals surface area contributed by atoms with Crippen LogP contribution in [0.1, 0.15) is 77.7 Å². The zero-order valence-corrected chi connectivity index (χ0v) is 26.0. The fraction of sp³-hybridized carbons (Fsp3) is 0.636. The summed E-state index contributed by atoms with van der Waals surface area (Å²) in [5, 5.41) is 27.7. The smallest absolute Gasteiger partial charge is 0.328 e. The summed E-state index contributed by atoms with van der Waals surface area (Å²) in [4.78, 5) is 53.3. The zero-order chi connectivity index (χ0) is 31.8. The van der Waals surface area contributed by atoms with Gasteiger partial charge in [-0.25, -0.2) is 4.79 Å². The maximum Gasteiger partial charge on any atom is 0.328 e. The molecule has 0 radical (unpaired) electrons. The molecule has 0 bridgehead atoms. The van der Waals surface area contributed by atoms with Crippen molar-refractivity contribution in [2.45, 2.75) is 84.6 Å². The molecule has 1 aromatic rings. The van der Waals surface area contributed by atoms with Crippen molar-refractivity contribution in [2.24, 2.45) is 39.7 Å². The van der Waals surface area contributed by atoms with Crippen LogP contribution < -0.4 is 5.32 Å². The van der Waals surface area contributed by atoms with Crippen LogP contribution >= 0.6 is 0 Å². The quantitative estimate of drug-likeness (QED) is 0.224. The van der Waals surface area contributed by atoms with Gasteiger partial charge in [0.15, 0.2) is 12.4 Å². The third-order valence-corrected chi connectivity index (χ3v) is 11.3. The van der Waals surface area contributed by atoms with Gasteiger partial charge >= 0.3 is 11.7 Å². The maximum absolute atomic E-state index is 12.7. The van der Waals surface area contributed by atoms with E-state index >= 15 is 0 Å². The fourth-order valence-corrected chi connectivity index (χ4v) is 9.13. The highest BCUT2D eigenvalue weighted by Crippen LogP contribution is 2.66. The second-order valence-electron chi connectivity index (χ2n) is 13.6. The molecule has 3 saturated carbocycles. The number of esters is 1. The van der Waals surface area contributed by atoms with E-state index in [1.807, 2.05) is 0 Å². The Balaban J connectivity index is 1.19. The molecule has 0 aliphatic heterocycles. The summed E-state index contributed by atoms with van der Waals surface area (Å²) in [6, 6.07) is 2.65. The van der Waals surface area contributed by atoms with Crippen molar-refractivity contribution in [2.75, 3.05) is 13.7 Å². The molecule has 0 heterocycles. The number of carbonyl (C=O) groups is 3. The lowest BCUT2D eigenvalue weighted by Gasteiger charge is -2.58. The summed E-state index contributed by atoms with van der Waals surface area (Å²) < 4.78 is 4.80. The van der Waals surface area contributed by atoms with E-state index in [9.17, 15) is 29.6 Å². The number of allylic oxidation sites excluding steroid dienone is 2. The molecule has 44 heavy (non-hydrogen) atoms. The number of ketones is 1. The number of nitro groups is 1. The van der Waals surface area contributed by atoms with Gasteiger partial charge in [-0.05, 0) is 105 Å². The molecule has 4 aliphatic rings. The minimum atomic E-state index is -1.11. The molecule has 238 valence electrons. The number of benzene rings is 1. The van der Waals surface area contributed by atoms with E-state index in [0.717, 1.165) is 63.1 Å². The molecule has 0 spiro atoms. The van der Waals surface area contributed by atoms with E-state index < -0.39 is 40.9 Å². The monoisotopic (exact) mass is 609 g/mol. The summed E-state index contributed by atoms with van der Waals surface area (Å²) in [5.41, 5.74) is 2.30. The van der Waals surface area contributed by atoms with Crippen LogP contribution in [0.5, 0.6) is 5.75 Å². The number of nitrogens with one attached hydrogen (secondary N) is 1. The number of phenolic OH excluding ortho intramolecular Hbond substituents is 1. The number of rotatable bonds is 9. The van der Waals surface area contributed by atoms with Crippen molar-refractivity contribution in [1.82, 2.24) is 5.32 Å². The molecule has 0 unspecified atom stereocenters. The Labute approximate surface area is 257 Å². The number of carbonyl (C=O) groups excluding carboxylic acids is 3. The Hall–Kier alpha value is -3.76. The number of nitrogens with zero attached hydrogens (tertiary/aromatic N) is 2. The summed E-state index contributed by atoms with van der Waals surface area (Å²) in [5.74, 6) is 0.626. The first kappa shape index (κ1) is 31.7. The standard InChI is InChI=1S/C33H43N3O8/c1-19(37)24-8-9-25-23-7-6-21-17-22(11-13-32(21,2)26(23)12-14-33(24,25)3)35-44-18-30(39)34-27(31(40)43-4)15-20-5-10-29(38)28(16-20)36(41)42/h5,10,16-17,23-27,38H,6-9,11-15,18H2,1-4H3,(H,34,39)/b35-22+/t23-,24+,25-,26-,27-,32+,33+/m1/s1. The van der Waals surface area contributed by atoms with Crippen molar-refractivity contribution >= 4 is 29.1 Å². The van der Waals surface area contributed by atoms with E-state index in [4.69, 9.17) is 9.57 Å². The van der Waals surface area contributed by atoms with Crippen LogP contribution in [-0.2, 0) is 30.4 Å². The average Bonchev–Trinajstić information content (AvgIpc) is 3.35. The number of nitro benzene ring substituents is 1. The molecule has 11 nitrogen and oxygen atoms in total. The number of hydrogen-bond acceptors (Lipinski definition) is 9. The largest absolute Gasteiger partial charge is 0.502 e. The number of Topliss-reactive ketones (excluding diaryl/α,β-unsaturated/α-hetero) is 1. The van der Waals surface area contributed by atoms with Gasteiger partial charge in [0, 0.05) is 18.4 Å². The molecule has 4 aliphatic carbocycles. The summed E-state index contributed by atoms with van der Waals surface area (Å²) >= 11 is 0. The van der Waals surface area contributed by atoms with Gasteiger partial charge in [0.05, 0.1) is 17.7 Å². The van der Waals surface area contributed by atoms with Gasteiger partial charge in [0.25, 0.3) is 5.91 Å². The van der Waals surface area contributed by atoms with Gasteiger partial charge in [-0.15, -0.1) is 0 Å². The van der Waals surface area contributed by atoms with Gasteiger partial charge in [-0.1, -0.05) is 30.6 Å². The van der Waals surface area contributed by atoms with Crippen molar-refractivity contribution in [3.63, 3.8) is 0 Å². The van der Waals surface area contributed by atoms with Crippen LogP contribution in [0.2, 0.25) is 0 Å². The van der Waals surface area contributed by atoms with Crippen LogP contribution in [-0.4, -0.2) is 53.2 Å². The van der Waals surface area contributed by atoms with Crippen molar-refractivity contribution < 1.29 is 34.0 Å². The molecule has 7 atom stereocenters. The lowest BCUT2D eigenvalue weighted by atomic mass is 9.46. The third-order valence-electron chi connectivity index (χ3n) is 11.3. The van der Waals surface area contributed by atoms with Crippen molar-refractivity contribution in [1.29, 1.82) is 0 Å². The Bertz CT molecular complexity index is 1410. The number of hydrogen-bond donors (Lipinski definition) is 2. The number of aromatic hydroxyl groups is 1. The Morgan fingerprint density at radius 2 is 1.91 bits per heavy atom. The normalized spacial score (nSPS) is 32.4. The molecule has 0 saturated heterocycles. The molecule has 2 N–H and O–H groups in total. The molecular formula is C33H43N3O8. The Kier molecular flexibility index (Phi) is 8.87. The summed E-state index contributed by atoms with van der Waals surface area (Å²) in [6.07, 6.45) is 10.4. The number of methoxy groups -OCH3 is 1. The molecule has 1 aromatic carbocycles. The predicted molar refractivity (Wildman–Crippen MR) is 162 cm³/mol. The number of amides is 1. The van der Waals surface area contributed by atoms with Gasteiger partial charge in [-0.3, -0.25) is 19.7 Å². The predicted octanol–water partition coefficient (Wildman–Crippen LogP) is 5.04. The van der Waals surface area contributed by atoms with E-state index in [1.54, 1.807) is 6.92 Å². The number of ether oxygens (including phenoxy) is 1. The van der Waals surface area contributed by atoms with Gasteiger partial charge in [-0.2, -0.15) is 0 Å². The van der Waals surface area contributed by atoms with Crippen LogP contribution in [0.25, 0.3) is 0 Å². The second-order valence-corrected chi connectivity index (χ2v) is 13.6. The van der Waals surface area contributed by atoms with E-state index in [-0.39, 0.29) is 23.2 Å². The lowest BCUT2D eigenvalue weighted by molar-refractivity contribution is -0.385. The molecule has 11 heteroatoms. The molecular weight excluding hydrogens is 566 g/mol. The first-order valence-electron chi connectivity index (χ1n) is 15.6. The van der Waals surface area contributed by atoms with Gasteiger partial charge in [0.2, 0.25) is 0 Å². The van der Waals surface area contributed by atoms with E-state index in [1.165, 1.54) is 24.8 Å². The minimum absolute atomic E-state index is 0.0731. The highest BCUT2D eigenvalue weighted by atomic mass is 16.6. The Morgan fingerprint density at radius 1 is 1.14 bits per heavy atom. The topological polar surface area (TPSA) is 157 Å². The molecule has 3 fully saturated rings. The summed E-state index contributed by atoms with van der Waals surface area (Å²) in [7, 11) is 1.18. The number of fused-ring (bicyclic) bond motifs is 5. The van der Waals surface area contributed by atoms with Crippen LogP contribution in [0.4, 0.5) is 5.69 Å². The van der Waals surface area contributed by atoms with Crippen molar-refractivity contribution in [3.8, 4) is 5.75 Å². The Morgan fingerprint density at radius 3 is 2.61 bits per heavy atom. The maximum atomic E-state index is 12.7. The fourth-order valence-electron chi connectivity index (χ4n) is 9.13. The first-order valence-corrected chi connectivity index (χ1v) is 15.6.